The van der Waals surface area contributed by atoms with E-state index in [0.717, 1.165) is 50.0 Å². The number of guanidine groups is 1. The van der Waals surface area contributed by atoms with Gasteiger partial charge in [0.05, 0.1) is 5.60 Å². The molecule has 8 heteroatoms. The van der Waals surface area contributed by atoms with Crippen molar-refractivity contribution in [3.05, 3.63) is 11.6 Å². The predicted molar refractivity (Wildman–Crippen MR) is 112 cm³/mol. The van der Waals surface area contributed by atoms with Gasteiger partial charge in [-0.15, -0.1) is 34.2 Å². The van der Waals surface area contributed by atoms with E-state index in [1.54, 1.807) is 14.2 Å². The lowest BCUT2D eigenvalue weighted by molar-refractivity contribution is 0.0268. The molecule has 2 N–H and O–H groups in total. The van der Waals surface area contributed by atoms with Crippen molar-refractivity contribution in [1.29, 1.82) is 0 Å². The Kier molecular flexibility index (Phi) is 9.70. The minimum absolute atomic E-state index is 0. The van der Waals surface area contributed by atoms with Gasteiger partial charge in [-0.2, -0.15) is 0 Å². The Morgan fingerprint density at radius 3 is 2.76 bits per heavy atom. The maximum atomic E-state index is 5.41. The highest BCUT2D eigenvalue weighted by molar-refractivity contribution is 14.0. The van der Waals surface area contributed by atoms with E-state index in [1.807, 2.05) is 13.8 Å². The van der Waals surface area contributed by atoms with Gasteiger partial charge in [-0.05, 0) is 33.1 Å². The Hall–Kier alpha value is -0.900. The van der Waals surface area contributed by atoms with Crippen LogP contribution in [0, 0.1) is 0 Å². The molecule has 0 spiro atoms. The standard InChI is InChI=1S/C17H32N6O.HI/c1-17(2,24-4)13-20-16(18-3)19-11-8-10-15-22-21-14-9-6-5-7-12-23(14)15;/h5-13H2,1-4H3,(H2,18,19,20);1H. The average Bonchev–Trinajstić information content (AvgIpc) is 2.80. The number of aromatic nitrogens is 3. The minimum Gasteiger partial charge on any atom is -0.377 e. The highest BCUT2D eigenvalue weighted by Crippen LogP contribution is 2.15. The fraction of sp³-hybridized carbons (Fsp3) is 0.824. The summed E-state index contributed by atoms with van der Waals surface area (Å²) >= 11 is 0. The fourth-order valence-electron chi connectivity index (χ4n) is 2.77. The molecule has 0 bridgehead atoms. The van der Waals surface area contributed by atoms with Crippen molar-refractivity contribution < 1.29 is 4.74 Å². The summed E-state index contributed by atoms with van der Waals surface area (Å²) < 4.78 is 7.73. The van der Waals surface area contributed by atoms with E-state index in [9.17, 15) is 0 Å². The largest absolute Gasteiger partial charge is 0.377 e. The van der Waals surface area contributed by atoms with Crippen molar-refractivity contribution in [2.75, 3.05) is 27.2 Å². The molecule has 0 saturated carbocycles. The molecule has 0 aliphatic carbocycles. The van der Waals surface area contributed by atoms with Crippen LogP contribution in [0.5, 0.6) is 0 Å². The SMILES string of the molecule is CN=C(NCCCc1nnc2n1CCCCC2)NCC(C)(C)OC.I. The number of aryl methyl sites for hydroxylation is 2. The number of ether oxygens (including phenoxy) is 1. The molecule has 0 radical (unpaired) electrons. The van der Waals surface area contributed by atoms with Crippen LogP contribution in [0.15, 0.2) is 4.99 Å². The molecule has 144 valence electrons. The molecular weight excluding hydrogens is 431 g/mol. The van der Waals surface area contributed by atoms with Gasteiger partial charge in [0.15, 0.2) is 5.96 Å². The van der Waals surface area contributed by atoms with E-state index in [4.69, 9.17) is 4.74 Å². The molecule has 0 fully saturated rings. The number of aliphatic imine (C=N–C) groups is 1. The normalized spacial score (nSPS) is 15.1. The van der Waals surface area contributed by atoms with Crippen LogP contribution in [0.2, 0.25) is 0 Å². The zero-order valence-electron chi connectivity index (χ0n) is 16.0. The first-order valence-corrected chi connectivity index (χ1v) is 8.96. The summed E-state index contributed by atoms with van der Waals surface area (Å²) in [5.41, 5.74) is -0.212. The summed E-state index contributed by atoms with van der Waals surface area (Å²) in [6.45, 7) is 6.73. The van der Waals surface area contributed by atoms with Gasteiger partial charge in [0.2, 0.25) is 0 Å². The molecule has 1 aromatic rings. The van der Waals surface area contributed by atoms with Crippen molar-refractivity contribution in [2.24, 2.45) is 4.99 Å². The molecule has 0 unspecified atom stereocenters. The lowest BCUT2D eigenvalue weighted by Crippen LogP contribution is -2.45. The Balaban J connectivity index is 0.00000312. The number of rotatable bonds is 7. The van der Waals surface area contributed by atoms with Crippen LogP contribution in [0.4, 0.5) is 0 Å². The van der Waals surface area contributed by atoms with Gasteiger partial charge in [-0.3, -0.25) is 4.99 Å². The first-order chi connectivity index (χ1) is 11.6. The summed E-state index contributed by atoms with van der Waals surface area (Å²) in [4.78, 5) is 4.25. The highest BCUT2D eigenvalue weighted by Gasteiger charge is 2.17. The Labute approximate surface area is 168 Å². The fourth-order valence-corrected chi connectivity index (χ4v) is 2.77. The van der Waals surface area contributed by atoms with E-state index < -0.39 is 0 Å². The summed E-state index contributed by atoms with van der Waals surface area (Å²) in [7, 11) is 3.51. The molecule has 2 rings (SSSR count). The summed E-state index contributed by atoms with van der Waals surface area (Å²) in [6, 6.07) is 0. The van der Waals surface area contributed by atoms with E-state index in [-0.39, 0.29) is 29.6 Å². The number of hydrogen-bond donors (Lipinski definition) is 2. The van der Waals surface area contributed by atoms with Gasteiger partial charge in [0.1, 0.15) is 11.6 Å². The van der Waals surface area contributed by atoms with Crippen LogP contribution in [0.25, 0.3) is 0 Å². The van der Waals surface area contributed by atoms with Gasteiger partial charge in [-0.1, -0.05) is 6.42 Å². The van der Waals surface area contributed by atoms with Gasteiger partial charge < -0.3 is 19.9 Å². The zero-order chi connectivity index (χ0) is 17.4. The number of hydrogen-bond acceptors (Lipinski definition) is 4. The number of nitrogens with zero attached hydrogens (tertiary/aromatic N) is 4. The average molecular weight is 464 g/mol. The Morgan fingerprint density at radius 2 is 2.04 bits per heavy atom. The summed E-state index contributed by atoms with van der Waals surface area (Å²) in [5.74, 6) is 3.09. The van der Waals surface area contributed by atoms with Crippen molar-refractivity contribution >= 4 is 29.9 Å². The molecular formula is C17H33IN6O. The monoisotopic (exact) mass is 464 g/mol. The Morgan fingerprint density at radius 1 is 1.24 bits per heavy atom. The van der Waals surface area contributed by atoms with Crippen LogP contribution in [0.3, 0.4) is 0 Å². The van der Waals surface area contributed by atoms with Gasteiger partial charge in [0, 0.05) is 46.6 Å². The third kappa shape index (κ3) is 7.08. The van der Waals surface area contributed by atoms with Crippen LogP contribution in [-0.2, 0) is 24.1 Å². The molecule has 0 amide bonds. The number of fused-ring (bicyclic) bond motifs is 1. The molecule has 0 aromatic carbocycles. The number of methoxy groups -OCH3 is 1. The lowest BCUT2D eigenvalue weighted by atomic mass is 10.1. The van der Waals surface area contributed by atoms with Crippen LogP contribution in [-0.4, -0.2) is 53.6 Å². The molecule has 1 aliphatic heterocycles. The van der Waals surface area contributed by atoms with Crippen LogP contribution >= 0.6 is 24.0 Å². The highest BCUT2D eigenvalue weighted by atomic mass is 127. The van der Waals surface area contributed by atoms with E-state index in [1.165, 1.54) is 19.3 Å². The smallest absolute Gasteiger partial charge is 0.191 e. The Bertz CT molecular complexity index is 543. The number of nitrogens with one attached hydrogen (secondary N) is 2. The van der Waals surface area contributed by atoms with Crippen molar-refractivity contribution in [2.45, 2.75) is 64.5 Å². The van der Waals surface area contributed by atoms with Crippen molar-refractivity contribution in [3.63, 3.8) is 0 Å². The second-order valence-corrected chi connectivity index (χ2v) is 6.91. The molecule has 1 aliphatic rings. The van der Waals surface area contributed by atoms with Gasteiger partial charge in [-0.25, -0.2) is 0 Å². The third-order valence-corrected chi connectivity index (χ3v) is 4.51. The molecule has 0 atom stereocenters. The second-order valence-electron chi connectivity index (χ2n) is 6.91. The lowest BCUT2D eigenvalue weighted by Gasteiger charge is -2.24. The number of halogens is 1. The first kappa shape index (κ1) is 22.1. The van der Waals surface area contributed by atoms with E-state index in [2.05, 4.69) is 30.4 Å². The maximum Gasteiger partial charge on any atom is 0.191 e. The molecule has 2 heterocycles. The van der Waals surface area contributed by atoms with Crippen LogP contribution in [0.1, 0.15) is 51.2 Å². The van der Waals surface area contributed by atoms with E-state index >= 15 is 0 Å². The minimum atomic E-state index is -0.212. The predicted octanol–water partition coefficient (Wildman–Crippen LogP) is 2.15. The van der Waals surface area contributed by atoms with Crippen molar-refractivity contribution in [3.8, 4) is 0 Å². The summed E-state index contributed by atoms with van der Waals surface area (Å²) in [6.07, 6.45) is 6.79. The summed E-state index contributed by atoms with van der Waals surface area (Å²) in [5, 5.41) is 15.4. The molecule has 7 nitrogen and oxygen atoms in total. The zero-order valence-corrected chi connectivity index (χ0v) is 18.3. The molecule has 0 saturated heterocycles. The maximum absolute atomic E-state index is 5.41. The van der Waals surface area contributed by atoms with Gasteiger partial charge in [0.25, 0.3) is 0 Å². The first-order valence-electron chi connectivity index (χ1n) is 8.96. The van der Waals surface area contributed by atoms with Crippen LogP contribution < -0.4 is 10.6 Å². The quantitative estimate of drug-likeness (QED) is 0.280. The topological polar surface area (TPSA) is 76.4 Å². The molecule has 25 heavy (non-hydrogen) atoms. The third-order valence-electron chi connectivity index (χ3n) is 4.51. The van der Waals surface area contributed by atoms with E-state index in [0.29, 0.717) is 6.54 Å². The second kappa shape index (κ2) is 10.9. The van der Waals surface area contributed by atoms with Crippen molar-refractivity contribution in [1.82, 2.24) is 25.4 Å². The molecule has 1 aromatic heterocycles. The van der Waals surface area contributed by atoms with Gasteiger partial charge >= 0.3 is 0 Å².